The maximum Gasteiger partial charge on any atom is 0.419 e. The van der Waals surface area contributed by atoms with Gasteiger partial charge in [-0.2, -0.15) is 13.2 Å². The number of benzene rings is 1. The average molecular weight is 289 g/mol. The standard InChI is InChI=1S/C15H19F4N/c1-9-5-6-14(20,8-10(9)2)11-3-4-13(16)12(7-11)15(17,18)19/h3-4,7,9-10H,5-6,8,20H2,1-2H3. The SMILES string of the molecule is CC1CCC(N)(c2ccc(F)c(C(F)(F)F)c2)CC1C. The minimum Gasteiger partial charge on any atom is -0.321 e. The predicted octanol–water partition coefficient (Wildman–Crippen LogP) is 4.45. The highest BCUT2D eigenvalue weighted by Crippen LogP contribution is 2.42. The van der Waals surface area contributed by atoms with Crippen molar-refractivity contribution < 1.29 is 17.6 Å². The normalized spacial score (nSPS) is 31.4. The second-order valence-corrected chi connectivity index (χ2v) is 6.05. The minimum atomic E-state index is -4.69. The van der Waals surface area contributed by atoms with Gasteiger partial charge >= 0.3 is 6.18 Å². The fourth-order valence-electron chi connectivity index (χ4n) is 2.96. The Labute approximate surface area is 116 Å². The summed E-state index contributed by atoms with van der Waals surface area (Å²) in [4.78, 5) is 0. The van der Waals surface area contributed by atoms with Crippen LogP contribution in [0, 0.1) is 17.7 Å². The van der Waals surface area contributed by atoms with Crippen LogP contribution in [-0.2, 0) is 11.7 Å². The molecular formula is C15H19F4N. The molecule has 1 saturated carbocycles. The third kappa shape index (κ3) is 2.82. The van der Waals surface area contributed by atoms with Crippen LogP contribution in [0.2, 0.25) is 0 Å². The molecule has 1 nitrogen and oxygen atoms in total. The van der Waals surface area contributed by atoms with Crippen LogP contribution in [0.3, 0.4) is 0 Å². The fourth-order valence-corrected chi connectivity index (χ4v) is 2.96. The molecule has 5 heteroatoms. The fraction of sp³-hybridized carbons (Fsp3) is 0.600. The second kappa shape index (κ2) is 5.02. The van der Waals surface area contributed by atoms with E-state index < -0.39 is 23.1 Å². The van der Waals surface area contributed by atoms with Crippen molar-refractivity contribution in [2.75, 3.05) is 0 Å². The Morgan fingerprint density at radius 1 is 1.20 bits per heavy atom. The maximum absolute atomic E-state index is 13.3. The van der Waals surface area contributed by atoms with Crippen molar-refractivity contribution >= 4 is 0 Å². The van der Waals surface area contributed by atoms with E-state index >= 15 is 0 Å². The lowest BCUT2D eigenvalue weighted by molar-refractivity contribution is -0.140. The molecule has 0 heterocycles. The first-order chi connectivity index (χ1) is 9.13. The molecule has 0 radical (unpaired) electrons. The van der Waals surface area contributed by atoms with Gasteiger partial charge in [-0.1, -0.05) is 19.9 Å². The van der Waals surface area contributed by atoms with Gasteiger partial charge in [0.25, 0.3) is 0 Å². The zero-order valence-corrected chi connectivity index (χ0v) is 11.6. The molecule has 0 spiro atoms. The molecule has 112 valence electrons. The Morgan fingerprint density at radius 3 is 2.40 bits per heavy atom. The summed E-state index contributed by atoms with van der Waals surface area (Å²) in [6, 6.07) is 3.13. The molecule has 3 atom stereocenters. The summed E-state index contributed by atoms with van der Waals surface area (Å²) in [5.74, 6) is -0.399. The van der Waals surface area contributed by atoms with Crippen LogP contribution in [0.1, 0.15) is 44.2 Å². The molecule has 20 heavy (non-hydrogen) atoms. The van der Waals surface area contributed by atoms with E-state index in [0.717, 1.165) is 18.6 Å². The molecule has 0 aliphatic heterocycles. The number of alkyl halides is 3. The third-order valence-corrected chi connectivity index (χ3v) is 4.55. The van der Waals surface area contributed by atoms with Crippen molar-refractivity contribution in [2.45, 2.75) is 44.8 Å². The number of rotatable bonds is 1. The molecule has 1 aliphatic rings. The van der Waals surface area contributed by atoms with E-state index in [9.17, 15) is 17.6 Å². The second-order valence-electron chi connectivity index (χ2n) is 6.05. The molecular weight excluding hydrogens is 270 g/mol. The summed E-state index contributed by atoms with van der Waals surface area (Å²) in [5, 5.41) is 0. The zero-order valence-electron chi connectivity index (χ0n) is 11.6. The van der Waals surface area contributed by atoms with Gasteiger partial charge in [-0.25, -0.2) is 4.39 Å². The van der Waals surface area contributed by atoms with Crippen LogP contribution in [0.15, 0.2) is 18.2 Å². The maximum atomic E-state index is 13.3. The Kier molecular flexibility index (Phi) is 3.84. The molecule has 0 bridgehead atoms. The first-order valence-corrected chi connectivity index (χ1v) is 6.79. The van der Waals surface area contributed by atoms with E-state index in [-0.39, 0.29) is 0 Å². The van der Waals surface area contributed by atoms with Crippen molar-refractivity contribution in [3.8, 4) is 0 Å². The van der Waals surface area contributed by atoms with Gasteiger partial charge in [0, 0.05) is 5.54 Å². The van der Waals surface area contributed by atoms with Crippen molar-refractivity contribution in [2.24, 2.45) is 17.6 Å². The van der Waals surface area contributed by atoms with Crippen molar-refractivity contribution in [1.82, 2.24) is 0 Å². The summed E-state index contributed by atoms with van der Waals surface area (Å²) in [6.07, 6.45) is -2.57. The molecule has 1 aromatic rings. The number of halogens is 4. The topological polar surface area (TPSA) is 26.0 Å². The van der Waals surface area contributed by atoms with Crippen LogP contribution >= 0.6 is 0 Å². The lowest BCUT2D eigenvalue weighted by Gasteiger charge is -2.40. The largest absolute Gasteiger partial charge is 0.419 e. The predicted molar refractivity (Wildman–Crippen MR) is 69.4 cm³/mol. The van der Waals surface area contributed by atoms with Crippen LogP contribution in [0.4, 0.5) is 17.6 Å². The highest BCUT2D eigenvalue weighted by Gasteiger charge is 2.39. The summed E-state index contributed by atoms with van der Waals surface area (Å²) in [5.41, 5.74) is 4.66. The van der Waals surface area contributed by atoms with Crippen LogP contribution in [0.5, 0.6) is 0 Å². The molecule has 0 amide bonds. The zero-order chi connectivity index (χ0) is 15.1. The minimum absolute atomic E-state index is 0.341. The summed E-state index contributed by atoms with van der Waals surface area (Å²) in [6.45, 7) is 4.18. The Hall–Kier alpha value is -1.10. The van der Waals surface area contributed by atoms with Crippen molar-refractivity contribution in [1.29, 1.82) is 0 Å². The lowest BCUT2D eigenvalue weighted by Crippen LogP contribution is -2.43. The average Bonchev–Trinajstić information content (AvgIpc) is 2.33. The van der Waals surface area contributed by atoms with E-state index in [1.807, 2.05) is 0 Å². The van der Waals surface area contributed by atoms with Gasteiger partial charge in [-0.15, -0.1) is 0 Å². The van der Waals surface area contributed by atoms with Crippen molar-refractivity contribution in [3.05, 3.63) is 35.1 Å². The van der Waals surface area contributed by atoms with Gasteiger partial charge in [0.05, 0.1) is 5.56 Å². The Morgan fingerprint density at radius 2 is 1.85 bits per heavy atom. The van der Waals surface area contributed by atoms with Crippen LogP contribution < -0.4 is 5.73 Å². The van der Waals surface area contributed by atoms with E-state index in [1.54, 1.807) is 0 Å². The molecule has 3 unspecified atom stereocenters. The number of nitrogens with two attached hydrogens (primary N) is 1. The number of hydrogen-bond donors (Lipinski definition) is 1. The van der Waals surface area contributed by atoms with E-state index in [4.69, 9.17) is 5.73 Å². The van der Waals surface area contributed by atoms with E-state index in [2.05, 4.69) is 13.8 Å². The molecule has 2 N–H and O–H groups in total. The lowest BCUT2D eigenvalue weighted by atomic mass is 9.69. The quantitative estimate of drug-likeness (QED) is 0.759. The molecule has 0 saturated heterocycles. The molecule has 2 rings (SSSR count). The Bertz CT molecular complexity index is 497. The van der Waals surface area contributed by atoms with Gasteiger partial charge in [-0.05, 0) is 48.8 Å². The van der Waals surface area contributed by atoms with Crippen LogP contribution in [0.25, 0.3) is 0 Å². The third-order valence-electron chi connectivity index (χ3n) is 4.55. The van der Waals surface area contributed by atoms with Gasteiger partial charge in [0.2, 0.25) is 0 Å². The Balaban J connectivity index is 2.38. The molecule has 1 aromatic carbocycles. The highest BCUT2D eigenvalue weighted by atomic mass is 19.4. The first kappa shape index (κ1) is 15.3. The molecule has 1 aliphatic carbocycles. The van der Waals surface area contributed by atoms with Gasteiger partial charge in [-0.3, -0.25) is 0 Å². The van der Waals surface area contributed by atoms with Gasteiger partial charge in [0.1, 0.15) is 5.82 Å². The van der Waals surface area contributed by atoms with Gasteiger partial charge in [0.15, 0.2) is 0 Å². The van der Waals surface area contributed by atoms with Crippen LogP contribution in [-0.4, -0.2) is 0 Å². The summed E-state index contributed by atoms with van der Waals surface area (Å²) >= 11 is 0. The first-order valence-electron chi connectivity index (χ1n) is 6.79. The summed E-state index contributed by atoms with van der Waals surface area (Å²) in [7, 11) is 0. The smallest absolute Gasteiger partial charge is 0.321 e. The summed E-state index contributed by atoms with van der Waals surface area (Å²) < 4.78 is 51.7. The van der Waals surface area contributed by atoms with Gasteiger partial charge < -0.3 is 5.73 Å². The molecule has 1 fully saturated rings. The van der Waals surface area contributed by atoms with E-state index in [0.29, 0.717) is 30.2 Å². The van der Waals surface area contributed by atoms with Crippen molar-refractivity contribution in [3.63, 3.8) is 0 Å². The molecule has 0 aromatic heterocycles. The monoisotopic (exact) mass is 289 g/mol. The highest BCUT2D eigenvalue weighted by molar-refractivity contribution is 5.32. The number of hydrogen-bond acceptors (Lipinski definition) is 1. The van der Waals surface area contributed by atoms with E-state index in [1.165, 1.54) is 6.07 Å².